The Bertz CT molecular complexity index is 710. The molecule has 1 heterocycles. The van der Waals surface area contributed by atoms with Crippen molar-refractivity contribution in [1.82, 2.24) is 9.62 Å². The summed E-state index contributed by atoms with van der Waals surface area (Å²) < 4.78 is 65.1. The molecule has 0 aromatic heterocycles. The first kappa shape index (κ1) is 16.7. The number of piperazine rings is 1. The number of alkyl halides is 3. The molecule has 1 unspecified atom stereocenters. The third-order valence-electron chi connectivity index (χ3n) is 3.46. The third-order valence-corrected chi connectivity index (χ3v) is 5.47. The summed E-state index contributed by atoms with van der Waals surface area (Å²) in [5.74, 6) is 0. The molecular formula is C13H14F3N3O2S. The third kappa shape index (κ3) is 3.09. The molecule has 0 amide bonds. The summed E-state index contributed by atoms with van der Waals surface area (Å²) in [5, 5.41) is 11.8. The number of nitrogens with zero attached hydrogens (tertiary/aromatic N) is 2. The minimum Gasteiger partial charge on any atom is -0.314 e. The molecule has 1 fully saturated rings. The number of hydrogen-bond donors (Lipinski definition) is 1. The highest BCUT2D eigenvalue weighted by Crippen LogP contribution is 2.34. The van der Waals surface area contributed by atoms with E-state index in [0.29, 0.717) is 19.2 Å². The van der Waals surface area contributed by atoms with Crippen molar-refractivity contribution in [2.24, 2.45) is 0 Å². The molecular weight excluding hydrogens is 319 g/mol. The summed E-state index contributed by atoms with van der Waals surface area (Å²) in [7, 11) is -4.04. The number of rotatable bonds is 2. The van der Waals surface area contributed by atoms with Crippen molar-refractivity contribution < 1.29 is 21.6 Å². The Kier molecular flexibility index (Phi) is 4.47. The van der Waals surface area contributed by atoms with Gasteiger partial charge in [-0.15, -0.1) is 0 Å². The van der Waals surface area contributed by atoms with Gasteiger partial charge in [0.15, 0.2) is 0 Å². The van der Waals surface area contributed by atoms with E-state index < -0.39 is 32.2 Å². The highest BCUT2D eigenvalue weighted by molar-refractivity contribution is 7.89. The van der Waals surface area contributed by atoms with E-state index in [4.69, 9.17) is 5.26 Å². The second kappa shape index (κ2) is 5.87. The average molecular weight is 333 g/mol. The zero-order chi connectivity index (χ0) is 16.5. The lowest BCUT2D eigenvalue weighted by atomic mass is 10.1. The minimum atomic E-state index is -4.79. The number of hydrogen-bond acceptors (Lipinski definition) is 4. The smallest absolute Gasteiger partial charge is 0.314 e. The van der Waals surface area contributed by atoms with Gasteiger partial charge >= 0.3 is 6.18 Å². The second-order valence-corrected chi connectivity index (χ2v) is 6.88. The SMILES string of the molecule is CC1CNCCN1S(=O)(=O)c1ccc(C#N)c(C(F)(F)F)c1. The van der Waals surface area contributed by atoms with Gasteiger partial charge in [-0.25, -0.2) is 8.42 Å². The number of sulfonamides is 1. The Morgan fingerprint density at radius 2 is 2.09 bits per heavy atom. The van der Waals surface area contributed by atoms with Crippen molar-refractivity contribution in [3.63, 3.8) is 0 Å². The number of nitriles is 1. The minimum absolute atomic E-state index is 0.185. The molecule has 1 atom stereocenters. The summed E-state index contributed by atoms with van der Waals surface area (Å²) in [4.78, 5) is -0.451. The molecule has 22 heavy (non-hydrogen) atoms. The molecule has 0 bridgehead atoms. The van der Waals surface area contributed by atoms with Gasteiger partial charge in [-0.3, -0.25) is 0 Å². The van der Waals surface area contributed by atoms with Gasteiger partial charge in [0.25, 0.3) is 0 Å². The first-order chi connectivity index (χ1) is 10.2. The molecule has 1 aromatic carbocycles. The summed E-state index contributed by atoms with van der Waals surface area (Å²) in [6.07, 6.45) is -4.79. The van der Waals surface area contributed by atoms with Gasteiger partial charge in [0, 0.05) is 25.7 Å². The number of benzene rings is 1. The van der Waals surface area contributed by atoms with E-state index in [-0.39, 0.29) is 12.6 Å². The van der Waals surface area contributed by atoms with E-state index in [1.165, 1.54) is 10.4 Å². The van der Waals surface area contributed by atoms with Crippen molar-refractivity contribution >= 4 is 10.0 Å². The van der Waals surface area contributed by atoms with Gasteiger partial charge in [0.2, 0.25) is 10.0 Å². The number of halogens is 3. The molecule has 1 N–H and O–H groups in total. The van der Waals surface area contributed by atoms with Gasteiger partial charge < -0.3 is 5.32 Å². The maximum atomic E-state index is 13.0. The molecule has 120 valence electrons. The van der Waals surface area contributed by atoms with E-state index in [1.807, 2.05) is 0 Å². The molecule has 0 radical (unpaired) electrons. The first-order valence-corrected chi connectivity index (χ1v) is 7.96. The lowest BCUT2D eigenvalue weighted by molar-refractivity contribution is -0.137. The van der Waals surface area contributed by atoms with E-state index in [0.717, 1.165) is 12.1 Å². The Labute approximate surface area is 126 Å². The average Bonchev–Trinajstić information content (AvgIpc) is 2.46. The van der Waals surface area contributed by atoms with Gasteiger partial charge in [0.1, 0.15) is 0 Å². The molecule has 1 aromatic rings. The Morgan fingerprint density at radius 1 is 1.41 bits per heavy atom. The predicted molar refractivity (Wildman–Crippen MR) is 72.4 cm³/mol. The fourth-order valence-corrected chi connectivity index (χ4v) is 3.99. The van der Waals surface area contributed by atoms with Crippen LogP contribution in [0.15, 0.2) is 23.1 Å². The zero-order valence-electron chi connectivity index (χ0n) is 11.7. The van der Waals surface area contributed by atoms with Crippen LogP contribution < -0.4 is 5.32 Å². The first-order valence-electron chi connectivity index (χ1n) is 6.52. The van der Waals surface area contributed by atoms with E-state index in [2.05, 4.69) is 5.32 Å². The Balaban J connectivity index is 2.51. The Morgan fingerprint density at radius 3 is 2.64 bits per heavy atom. The van der Waals surface area contributed by atoms with E-state index in [9.17, 15) is 21.6 Å². The van der Waals surface area contributed by atoms with E-state index in [1.54, 1.807) is 6.92 Å². The van der Waals surface area contributed by atoms with Crippen molar-refractivity contribution in [3.8, 4) is 6.07 Å². The van der Waals surface area contributed by atoms with Crippen LogP contribution in [-0.4, -0.2) is 38.4 Å². The summed E-state index contributed by atoms with van der Waals surface area (Å²) in [6, 6.07) is 3.53. The van der Waals surface area contributed by atoms with Crippen LogP contribution in [-0.2, 0) is 16.2 Å². The van der Waals surface area contributed by atoms with Crippen LogP contribution in [0.4, 0.5) is 13.2 Å². The lowest BCUT2D eigenvalue weighted by Gasteiger charge is -2.33. The van der Waals surface area contributed by atoms with Crippen molar-refractivity contribution in [2.45, 2.75) is 24.0 Å². The summed E-state index contributed by atoms with van der Waals surface area (Å²) in [6.45, 7) is 2.73. The topological polar surface area (TPSA) is 73.2 Å². The molecule has 1 aliphatic rings. The molecule has 1 saturated heterocycles. The maximum absolute atomic E-state index is 13.0. The fourth-order valence-electron chi connectivity index (χ4n) is 2.33. The highest BCUT2D eigenvalue weighted by Gasteiger charge is 2.37. The van der Waals surface area contributed by atoms with Crippen LogP contribution in [0.2, 0.25) is 0 Å². The van der Waals surface area contributed by atoms with Gasteiger partial charge in [0.05, 0.1) is 22.1 Å². The quantitative estimate of drug-likeness (QED) is 0.891. The van der Waals surface area contributed by atoms with Crippen LogP contribution in [0.1, 0.15) is 18.1 Å². The summed E-state index contributed by atoms with van der Waals surface area (Å²) >= 11 is 0. The predicted octanol–water partition coefficient (Wildman–Crippen LogP) is 1.56. The van der Waals surface area contributed by atoms with Crippen molar-refractivity contribution in [1.29, 1.82) is 5.26 Å². The van der Waals surface area contributed by atoms with Crippen molar-refractivity contribution in [2.75, 3.05) is 19.6 Å². The number of nitrogens with one attached hydrogen (secondary N) is 1. The van der Waals surface area contributed by atoms with Crippen LogP contribution in [0.3, 0.4) is 0 Å². The van der Waals surface area contributed by atoms with Gasteiger partial charge in [-0.2, -0.15) is 22.7 Å². The molecule has 0 aliphatic carbocycles. The highest BCUT2D eigenvalue weighted by atomic mass is 32.2. The van der Waals surface area contributed by atoms with Crippen LogP contribution in [0.25, 0.3) is 0 Å². The van der Waals surface area contributed by atoms with Gasteiger partial charge in [-0.05, 0) is 25.1 Å². The molecule has 0 spiro atoms. The fraction of sp³-hybridized carbons (Fsp3) is 0.462. The second-order valence-electron chi connectivity index (χ2n) is 4.99. The van der Waals surface area contributed by atoms with Crippen molar-refractivity contribution in [3.05, 3.63) is 29.3 Å². The van der Waals surface area contributed by atoms with Gasteiger partial charge in [-0.1, -0.05) is 0 Å². The zero-order valence-corrected chi connectivity index (χ0v) is 12.5. The lowest BCUT2D eigenvalue weighted by Crippen LogP contribution is -2.52. The largest absolute Gasteiger partial charge is 0.417 e. The monoisotopic (exact) mass is 333 g/mol. The molecule has 9 heteroatoms. The molecule has 1 aliphatic heterocycles. The molecule has 2 rings (SSSR count). The van der Waals surface area contributed by atoms with Crippen LogP contribution in [0, 0.1) is 11.3 Å². The molecule has 5 nitrogen and oxygen atoms in total. The molecule has 0 saturated carbocycles. The maximum Gasteiger partial charge on any atom is 0.417 e. The summed E-state index contributed by atoms with van der Waals surface area (Å²) in [5.41, 5.74) is -1.83. The van der Waals surface area contributed by atoms with Crippen LogP contribution >= 0.6 is 0 Å². The Hall–Kier alpha value is -1.63. The normalized spacial score (nSPS) is 20.6. The van der Waals surface area contributed by atoms with Crippen LogP contribution in [0.5, 0.6) is 0 Å². The van der Waals surface area contributed by atoms with E-state index >= 15 is 0 Å². The standard InChI is InChI=1S/C13H14F3N3O2S/c1-9-8-18-4-5-19(9)22(20,21)11-3-2-10(7-17)12(6-11)13(14,15)16/h2-3,6,9,18H,4-5,8H2,1H3.